The third kappa shape index (κ3) is 12.0. The molecule has 0 saturated carbocycles. The molecule has 6 heterocycles. The maximum atomic E-state index is 15.1. The fourth-order valence-corrected chi connectivity index (χ4v) is 10.1. The van der Waals surface area contributed by atoms with E-state index in [-0.39, 0.29) is 0 Å². The topological polar surface area (TPSA) is 613 Å². The first-order chi connectivity index (χ1) is 34.5. The van der Waals surface area contributed by atoms with Crippen LogP contribution in [0.4, 0.5) is 0 Å². The van der Waals surface area contributed by atoms with Crippen molar-refractivity contribution in [2.75, 3.05) is 39.6 Å². The van der Waals surface area contributed by atoms with E-state index in [1.807, 2.05) is 0 Å². The summed E-state index contributed by atoms with van der Waals surface area (Å²) in [7, 11) is -6.96. The lowest BCUT2D eigenvalue weighted by Gasteiger charge is -2.51. The van der Waals surface area contributed by atoms with Gasteiger partial charge in [0, 0.05) is 0 Å². The molecule has 30 atom stereocenters. The molecule has 0 aromatic carbocycles. The first-order valence-corrected chi connectivity index (χ1v) is 23.7. The van der Waals surface area contributed by atoms with Crippen LogP contribution in [0, 0.1) is 0 Å². The van der Waals surface area contributed by atoms with Crippen LogP contribution in [0.2, 0.25) is 0 Å². The lowest BCUT2D eigenvalue weighted by molar-refractivity contribution is -0.469. The van der Waals surface area contributed by atoms with E-state index in [0.29, 0.717) is 0 Å². The SMILES string of the molecule is O=P(OC1(O)O[C@H](CO)[C@@H](OC2O[C@H](CO)C(O)C(O)C2O)[C@H](O)[C@@H]1O)(OC1(O)O[C@H](CO)[C@@H](OC2O[C@H](CO)C(O)C(O)C2O)[C@H](O)[C@@H]1O)OC1(O)O[C@H](CO)[C@@H](OC2O[C@H](CO)C(O)C(O)C2O)[C@H](O)[C@@H]1O. The quantitative estimate of drug-likeness (QED) is 0.0448. The average Bonchev–Trinajstić information content (AvgIpc) is 3.36. The Morgan fingerprint density at radius 2 is 0.541 bits per heavy atom. The van der Waals surface area contributed by atoms with E-state index in [9.17, 15) is 123 Å². The molecule has 0 aromatic heterocycles. The van der Waals surface area contributed by atoms with Gasteiger partial charge in [-0.2, -0.15) is 0 Å². The van der Waals surface area contributed by atoms with E-state index in [1.165, 1.54) is 0 Å². The Morgan fingerprint density at radius 3 is 0.743 bits per heavy atom. The van der Waals surface area contributed by atoms with E-state index < -0.39 is 231 Å². The second kappa shape index (κ2) is 24.3. The van der Waals surface area contributed by atoms with Crippen LogP contribution < -0.4 is 0 Å². The summed E-state index contributed by atoms with van der Waals surface area (Å²) >= 11 is 0. The Hall–Kier alpha value is -1.21. The van der Waals surface area contributed by atoms with Crippen molar-refractivity contribution in [1.82, 2.24) is 0 Å². The Balaban J connectivity index is 1.33. The molecule has 24 N–H and O–H groups in total. The normalized spacial score (nSPS) is 53.4. The maximum Gasteiger partial charge on any atom is 0.488 e. The van der Waals surface area contributed by atoms with Gasteiger partial charge >= 0.3 is 25.7 Å². The molecule has 6 fully saturated rings. The van der Waals surface area contributed by atoms with Crippen molar-refractivity contribution >= 4 is 7.82 Å². The van der Waals surface area contributed by atoms with Crippen molar-refractivity contribution in [3.8, 4) is 0 Å². The first kappa shape index (κ1) is 62.0. The van der Waals surface area contributed by atoms with Gasteiger partial charge in [0.15, 0.2) is 37.2 Å². The molecular weight excluding hydrogens is 1060 g/mol. The molecule has 38 heteroatoms. The van der Waals surface area contributed by atoms with Gasteiger partial charge in [-0.1, -0.05) is 0 Å². The number of hydrogen-bond donors (Lipinski definition) is 24. The predicted molar refractivity (Wildman–Crippen MR) is 214 cm³/mol. The minimum absolute atomic E-state index is 1.01. The van der Waals surface area contributed by atoms with Gasteiger partial charge in [-0.25, -0.2) is 18.1 Å². The highest BCUT2D eigenvalue weighted by Gasteiger charge is 2.68. The van der Waals surface area contributed by atoms with Crippen molar-refractivity contribution in [3.05, 3.63) is 0 Å². The summed E-state index contributed by atoms with van der Waals surface area (Å²) in [6.07, 6.45) is -62.2. The smallest absolute Gasteiger partial charge is 0.394 e. The van der Waals surface area contributed by atoms with Crippen LogP contribution in [-0.4, -0.2) is 345 Å². The summed E-state index contributed by atoms with van der Waals surface area (Å²) in [5.74, 6) is -12.9. The van der Waals surface area contributed by atoms with Crippen molar-refractivity contribution < 1.29 is 183 Å². The van der Waals surface area contributed by atoms with Crippen LogP contribution in [-0.2, 0) is 60.8 Å². The van der Waals surface area contributed by atoms with Crippen LogP contribution in [0.3, 0.4) is 0 Å². The zero-order valence-electron chi connectivity index (χ0n) is 37.8. The zero-order valence-corrected chi connectivity index (χ0v) is 38.7. The number of rotatable bonds is 18. The second-order valence-corrected chi connectivity index (χ2v) is 19.3. The molecule has 0 aliphatic carbocycles. The number of hydrogen-bond acceptors (Lipinski definition) is 37. The Bertz CT molecular complexity index is 1640. The molecule has 0 amide bonds. The molecule has 6 rings (SSSR count). The van der Waals surface area contributed by atoms with E-state index in [2.05, 4.69) is 0 Å². The van der Waals surface area contributed by atoms with E-state index in [1.54, 1.807) is 0 Å². The average molecular weight is 1120 g/mol. The van der Waals surface area contributed by atoms with Gasteiger partial charge in [-0.15, -0.1) is 0 Å². The molecule has 0 radical (unpaired) electrons. The summed E-state index contributed by atoms with van der Waals surface area (Å²) in [6.45, 7) is -7.44. The third-order valence-corrected chi connectivity index (χ3v) is 14.3. The lowest BCUT2D eigenvalue weighted by Crippen LogP contribution is -2.70. The van der Waals surface area contributed by atoms with Crippen LogP contribution in [0.5, 0.6) is 0 Å². The van der Waals surface area contributed by atoms with Gasteiger partial charge in [-0.05, 0) is 0 Å². The van der Waals surface area contributed by atoms with Gasteiger partial charge in [0.2, 0.25) is 0 Å². The zero-order chi connectivity index (χ0) is 55.3. The Morgan fingerprint density at radius 1 is 0.324 bits per heavy atom. The number of phosphoric ester groups is 1. The van der Waals surface area contributed by atoms with Crippen LogP contribution in [0.15, 0.2) is 0 Å². The minimum atomic E-state index is -6.96. The van der Waals surface area contributed by atoms with Crippen molar-refractivity contribution in [3.63, 3.8) is 0 Å². The molecule has 6 saturated heterocycles. The van der Waals surface area contributed by atoms with Gasteiger partial charge < -0.3 is 165 Å². The fraction of sp³-hybridized carbons (Fsp3) is 1.00. The van der Waals surface area contributed by atoms with Crippen molar-refractivity contribution in [1.29, 1.82) is 0 Å². The molecule has 6 aliphatic rings. The number of aliphatic hydroxyl groups excluding tert-OH is 21. The van der Waals surface area contributed by atoms with Crippen LogP contribution >= 0.6 is 7.82 Å². The van der Waals surface area contributed by atoms with Gasteiger partial charge in [-0.3, -0.25) is 0 Å². The summed E-state index contributed by atoms with van der Waals surface area (Å²) < 4.78 is 77.0. The molecule has 0 spiro atoms. The minimum Gasteiger partial charge on any atom is -0.394 e. The van der Waals surface area contributed by atoms with Crippen LogP contribution in [0.1, 0.15) is 0 Å². The van der Waals surface area contributed by atoms with Gasteiger partial charge in [0.1, 0.15) is 128 Å². The fourth-order valence-electron chi connectivity index (χ4n) is 8.60. The summed E-state index contributed by atoms with van der Waals surface area (Å²) in [5.41, 5.74) is 0. The standard InChI is InChI=1S/C36H63O37P/c37-1-7-13(43)16(46)19(49)31(62-7)65-25-10(4-40)68-34(58,28(55)22(25)52)71-74(61,72-35(59)29(56)23(53)26(11(5-41)69-35)66-32-20(50)17(47)14(44)8(2-38)63-32)73-36(60)30(57)24(54)27(12(6-42)70-36)67-33-21(51)18(48)15(45)9(3-39)64-33/h7-33,37-60H,1-6H2/t7-,8-,9-,10-,11-,12-,13?,14?,15?,16?,17?,18?,19?,20?,21?,22+,23+,24+,25-,26-,27-,28+,29+,30+,31?,32?,33?,34?,35?,36?,74?/m1/s1. The number of ether oxygens (including phenoxy) is 9. The van der Waals surface area contributed by atoms with E-state index >= 15 is 4.57 Å². The highest BCUT2D eigenvalue weighted by molar-refractivity contribution is 7.48. The van der Waals surface area contributed by atoms with Gasteiger partial charge in [0.25, 0.3) is 0 Å². The highest BCUT2D eigenvalue weighted by atomic mass is 31.2. The Kier molecular flexibility index (Phi) is 20.3. The summed E-state index contributed by atoms with van der Waals surface area (Å²) in [5, 5.41) is 255. The predicted octanol–water partition coefficient (Wildman–Crippen LogP) is -16.0. The maximum absolute atomic E-state index is 15.1. The monoisotopic (exact) mass is 1120 g/mol. The second-order valence-electron chi connectivity index (χ2n) is 17.8. The number of aliphatic hydroxyl groups is 24. The molecule has 37 nitrogen and oxygen atoms in total. The molecule has 15 unspecified atom stereocenters. The first-order valence-electron chi connectivity index (χ1n) is 22.2. The van der Waals surface area contributed by atoms with Crippen molar-refractivity contribution in [2.45, 2.75) is 183 Å². The molecule has 0 bridgehead atoms. The number of phosphoric acid groups is 1. The molecule has 434 valence electrons. The lowest BCUT2D eigenvalue weighted by atomic mass is 9.96. The largest absolute Gasteiger partial charge is 0.488 e. The highest BCUT2D eigenvalue weighted by Crippen LogP contribution is 2.61. The molecule has 74 heavy (non-hydrogen) atoms. The summed E-state index contributed by atoms with van der Waals surface area (Å²) in [6, 6.07) is 0. The van der Waals surface area contributed by atoms with E-state index in [0.717, 1.165) is 0 Å². The molecule has 6 aliphatic heterocycles. The Labute approximate surface area is 413 Å². The van der Waals surface area contributed by atoms with Crippen molar-refractivity contribution in [2.24, 2.45) is 0 Å². The molecular formula is C36H63O37P. The molecule has 0 aromatic rings. The summed E-state index contributed by atoms with van der Waals surface area (Å²) in [4.78, 5) is 0. The van der Waals surface area contributed by atoms with Gasteiger partial charge in [0.05, 0.1) is 39.6 Å². The van der Waals surface area contributed by atoms with E-state index in [4.69, 9.17) is 56.2 Å². The third-order valence-electron chi connectivity index (χ3n) is 12.8. The van der Waals surface area contributed by atoms with Crippen LogP contribution in [0.25, 0.3) is 0 Å².